The lowest BCUT2D eigenvalue weighted by Crippen LogP contribution is -2.34. The Hall–Kier alpha value is -7.45. The first-order chi connectivity index (χ1) is 45.0. The van der Waals surface area contributed by atoms with Crippen molar-refractivity contribution in [2.45, 2.75) is 198 Å². The molecule has 0 aromatic carbocycles. The molecule has 530 valence electrons. The van der Waals surface area contributed by atoms with Gasteiger partial charge in [0.15, 0.2) is 0 Å². The lowest BCUT2D eigenvalue weighted by atomic mass is 10.1. The minimum Gasteiger partial charge on any atom is -0.354 e. The summed E-state index contributed by atoms with van der Waals surface area (Å²) in [4.78, 5) is 110. The average molecular weight is 1330 g/mol. The highest BCUT2D eigenvalue weighted by Crippen LogP contribution is 2.13. The van der Waals surface area contributed by atoms with E-state index in [0.717, 1.165) is 154 Å². The third-order valence-corrected chi connectivity index (χ3v) is 15.0. The van der Waals surface area contributed by atoms with Crippen LogP contribution >= 0.6 is 0 Å². The maximum absolute atomic E-state index is 11.5. The lowest BCUT2D eigenvalue weighted by molar-refractivity contribution is -0.122. The van der Waals surface area contributed by atoms with Gasteiger partial charge >= 0.3 is 0 Å². The van der Waals surface area contributed by atoms with E-state index in [2.05, 4.69) is 76.4 Å². The fourth-order valence-electron chi connectivity index (χ4n) is 10.5. The third kappa shape index (κ3) is 38.0. The number of anilines is 5. The van der Waals surface area contributed by atoms with E-state index in [0.29, 0.717) is 29.7 Å². The molecule has 5 unspecified atom stereocenters. The first-order valence-corrected chi connectivity index (χ1v) is 33.0. The Labute approximate surface area is 571 Å². The molecule has 0 aliphatic rings. The van der Waals surface area contributed by atoms with Crippen molar-refractivity contribution in [3.8, 4) is 0 Å². The van der Waals surface area contributed by atoms with Gasteiger partial charge in [-0.15, -0.1) is 0 Å². The molecule has 95 heavy (non-hydrogen) atoms. The quantitative estimate of drug-likeness (QED) is 0.0109. The van der Waals surface area contributed by atoms with E-state index in [1.54, 1.807) is 46.6 Å². The Kier molecular flexibility index (Phi) is 40.4. The fraction of sp³-hybridized carbons (Fsp3) is 0.643. The summed E-state index contributed by atoms with van der Waals surface area (Å²) in [5.74, 6) is 4.28. The molecule has 0 saturated carbocycles. The Morgan fingerprint density at radius 3 is 0.621 bits per heavy atom. The summed E-state index contributed by atoms with van der Waals surface area (Å²) in [5.41, 5.74) is 9.58. The molecule has 5 heterocycles. The van der Waals surface area contributed by atoms with Crippen molar-refractivity contribution in [2.75, 3.05) is 130 Å². The second kappa shape index (κ2) is 45.8. The van der Waals surface area contributed by atoms with Gasteiger partial charge in [0.25, 0.3) is 0 Å². The summed E-state index contributed by atoms with van der Waals surface area (Å²) in [5, 5.41) is 16.0. The van der Waals surface area contributed by atoms with Gasteiger partial charge in [0.05, 0.1) is 30.2 Å². The molecule has 0 amide bonds. The third-order valence-electron chi connectivity index (χ3n) is 15.0. The second-order valence-electron chi connectivity index (χ2n) is 25.5. The van der Waals surface area contributed by atoms with Crippen LogP contribution in [0.5, 0.6) is 0 Å². The molecule has 0 aliphatic carbocycles. The largest absolute Gasteiger partial charge is 0.354 e. The molecule has 0 saturated heterocycles. The number of hydrogen-bond acceptors (Lipinski definition) is 25. The molecule has 25 nitrogen and oxygen atoms in total. The molecule has 5 N–H and O–H groups in total. The van der Waals surface area contributed by atoms with E-state index in [-0.39, 0.29) is 66.1 Å². The van der Waals surface area contributed by atoms with Crippen LogP contribution in [0.2, 0.25) is 0 Å². The Morgan fingerprint density at radius 2 is 0.484 bits per heavy atom. The average Bonchev–Trinajstić information content (AvgIpc) is 1.58. The maximum atomic E-state index is 11.5. The summed E-state index contributed by atoms with van der Waals surface area (Å²) >= 11 is 0. The van der Waals surface area contributed by atoms with E-state index in [9.17, 15) is 24.0 Å². The van der Waals surface area contributed by atoms with E-state index in [4.69, 9.17) is 1.37 Å². The van der Waals surface area contributed by atoms with Crippen LogP contribution in [0.1, 0.15) is 157 Å². The Morgan fingerprint density at radius 1 is 0.326 bits per heavy atom. The van der Waals surface area contributed by atoms with Crippen LogP contribution < -0.4 is 26.6 Å². The number of ketones is 5. The number of nitrogens with zero attached hydrogens (tertiary/aromatic N) is 15. The normalized spacial score (nSPS) is 12.7. The van der Waals surface area contributed by atoms with Gasteiger partial charge in [-0.05, 0) is 269 Å². The van der Waals surface area contributed by atoms with Gasteiger partial charge in [-0.2, -0.15) is 0 Å². The zero-order valence-corrected chi connectivity index (χ0v) is 62.3. The van der Waals surface area contributed by atoms with Crippen molar-refractivity contribution in [3.05, 3.63) is 87.3 Å². The smallest absolute Gasteiger partial charge is 0.223 e. The van der Waals surface area contributed by atoms with E-state index < -0.39 is 0 Å². The number of hydrogen-bond donors (Lipinski definition) is 5. The van der Waals surface area contributed by atoms with Gasteiger partial charge in [-0.25, -0.2) is 49.8 Å². The number of Topliss-reactive ketones (excluding diaryl/α,β-unsaturated/α-hetero) is 5. The number of carbonyl (C=O) groups is 5. The van der Waals surface area contributed by atoms with Gasteiger partial charge in [0.1, 0.15) is 28.9 Å². The highest BCUT2D eigenvalue weighted by atomic mass is 18.1. The van der Waals surface area contributed by atoms with Crippen LogP contribution in [-0.2, 0) is 24.0 Å². The first kappa shape index (κ1) is 83.6. The van der Waals surface area contributed by atoms with Crippen molar-refractivity contribution >= 4 is 58.7 Å². The molecule has 5 aromatic rings. The predicted octanol–water partition coefficient (Wildman–Crippen LogP) is 9.02. The van der Waals surface area contributed by atoms with E-state index in [1.807, 2.05) is 176 Å². The van der Waals surface area contributed by atoms with E-state index >= 15 is 0 Å². The van der Waals surface area contributed by atoms with Gasteiger partial charge in [-0.1, -0.05) is 0 Å². The van der Waals surface area contributed by atoms with Crippen molar-refractivity contribution in [2.24, 2.45) is 0 Å². The topological polar surface area (TPSA) is 291 Å². The molecule has 0 radical (unpaired) electrons. The minimum absolute atomic E-state index is 0.00182. The van der Waals surface area contributed by atoms with Crippen LogP contribution in [0.3, 0.4) is 0 Å². The van der Waals surface area contributed by atoms with Crippen LogP contribution in [0.15, 0.2) is 30.3 Å². The molecule has 0 aliphatic heterocycles. The molecular weight excluding hydrogens is 1210 g/mol. The molecule has 0 fully saturated rings. The van der Waals surface area contributed by atoms with Crippen molar-refractivity contribution < 1.29 is 25.3 Å². The molecule has 0 bridgehead atoms. The number of rotatable bonds is 35. The summed E-state index contributed by atoms with van der Waals surface area (Å²) in [6.45, 7) is 31.5. The minimum atomic E-state index is -0.172. The number of nitrogens with one attached hydrogen (secondary N) is 5. The summed E-state index contributed by atoms with van der Waals surface area (Å²) in [7, 11) is 17.4. The van der Waals surface area contributed by atoms with Gasteiger partial charge in [-0.3, -0.25) is 48.5 Å². The predicted molar refractivity (Wildman–Crippen MR) is 387 cm³/mol. The van der Waals surface area contributed by atoms with Gasteiger partial charge in [0, 0.05) is 91.0 Å². The van der Waals surface area contributed by atoms with Crippen LogP contribution in [-0.4, -0.2) is 237 Å². The van der Waals surface area contributed by atoms with Crippen LogP contribution in [0, 0.1) is 69.2 Å². The SMILES string of the molecule is CC(=O)C(CCCNc1[15n]c(C)cc(C)[15n]1)N(C)C.CC(=O)C(CCCNc1nc(C)cc(C)n1)N([13CH3])[13CH3].CC(=[18O])C(CCCNc1nc(C)cc(C)n1)N(C)C.Cc1cc(C)nc(NCCCC([13C](C)=O)[15N](C)C)n1.[2H]CN(C)C(CCCNc1nc(C)cc(C)n1)C(C)=O. The number of aryl methyl sites for hydroxylation is 10. The molecule has 5 rings (SSSR count). The van der Waals surface area contributed by atoms with Gasteiger partial charge < -0.3 is 26.6 Å². The fourth-order valence-corrected chi connectivity index (χ4v) is 10.5. The molecule has 0 spiro atoms. The van der Waals surface area contributed by atoms with E-state index in [1.165, 1.54) is 0 Å². The van der Waals surface area contributed by atoms with Crippen LogP contribution in [0.4, 0.5) is 29.7 Å². The summed E-state index contributed by atoms with van der Waals surface area (Å²) in [6.07, 6.45) is 8.63. The zero-order valence-electron chi connectivity index (χ0n) is 63.3. The monoisotopic (exact) mass is 1330 g/mol. The van der Waals surface area contributed by atoms with Gasteiger partial charge in [0.2, 0.25) is 29.7 Å². The van der Waals surface area contributed by atoms with Crippen molar-refractivity contribution in [1.82, 2.24) is 74.3 Å². The number of aromatic nitrogens is 10. The highest BCUT2D eigenvalue weighted by Gasteiger charge is 2.20. The van der Waals surface area contributed by atoms with Crippen molar-refractivity contribution in [1.29, 1.82) is 0 Å². The summed E-state index contributed by atoms with van der Waals surface area (Å²) in [6, 6.07) is 9.56. The Bertz CT molecular complexity index is 2700. The lowest BCUT2D eigenvalue weighted by Gasteiger charge is -2.21. The van der Waals surface area contributed by atoms with Crippen molar-refractivity contribution in [3.63, 3.8) is 0 Å². The first-order valence-electron chi connectivity index (χ1n) is 33.7. The maximum Gasteiger partial charge on any atom is 0.223 e. The number of carbonyl (C=O) groups excluding carboxylic acids is 5. The molecular formula is C70H120N20O5. The highest BCUT2D eigenvalue weighted by molar-refractivity contribution is 5.83. The van der Waals surface area contributed by atoms with Crippen LogP contribution in [0.25, 0.3) is 0 Å². The zero-order chi connectivity index (χ0) is 72.8. The second-order valence-corrected chi connectivity index (χ2v) is 25.5. The summed E-state index contributed by atoms with van der Waals surface area (Å²) < 4.78 is 7.33. The molecule has 25 heteroatoms. The molecule has 5 atom stereocenters. The number of likely N-dealkylation sites (N-methyl/N-ethyl adjacent to an activating group) is 5. The standard InChI is InChI=1S/5C14H24N4O/c5*1-10-9-11(2)17-14(16-10)15-8-6-7-13(12(3)19)18(4)5/h5*9,13H,6-8H2,1-5H3,(H,15,16,17)/i16+1,17+1;12+1,18+1;4+1,5+1;19+2;4D. The molecule has 5 aromatic heterocycles. The Balaban J connectivity index is 0.000000600.